The first kappa shape index (κ1) is 19.7. The molecule has 2 aromatic rings. The van der Waals surface area contributed by atoms with E-state index in [1.54, 1.807) is 0 Å². The van der Waals surface area contributed by atoms with E-state index in [9.17, 15) is 4.79 Å². The number of piperidine rings is 1. The Morgan fingerprint density at radius 2 is 1.82 bits per heavy atom. The van der Waals surface area contributed by atoms with Gasteiger partial charge in [0.1, 0.15) is 0 Å². The summed E-state index contributed by atoms with van der Waals surface area (Å²) in [6, 6.07) is 12.9. The van der Waals surface area contributed by atoms with Crippen LogP contribution in [-0.2, 0) is 9.53 Å². The van der Waals surface area contributed by atoms with Crippen LogP contribution in [0.3, 0.4) is 0 Å². The predicted octanol–water partition coefficient (Wildman–Crippen LogP) is 3.90. The SMILES string of the molecule is Cc1ccc(-c2ccc(N)c(NC(=O)C3CCN(C4COC4)CC3)c2I)cc1. The third kappa shape index (κ3) is 4.04. The zero-order valence-corrected chi connectivity index (χ0v) is 18.2. The number of ether oxygens (including phenoxy) is 1. The Morgan fingerprint density at radius 1 is 1.14 bits per heavy atom. The minimum Gasteiger partial charge on any atom is -0.397 e. The Hall–Kier alpha value is -1.64. The number of carbonyl (C=O) groups is 1. The molecule has 4 rings (SSSR count). The highest BCUT2D eigenvalue weighted by molar-refractivity contribution is 14.1. The summed E-state index contributed by atoms with van der Waals surface area (Å²) in [5.74, 6) is 0.116. The summed E-state index contributed by atoms with van der Waals surface area (Å²) in [5.41, 5.74) is 11.0. The topological polar surface area (TPSA) is 67.6 Å². The number of carbonyl (C=O) groups excluding carboxylic acids is 1. The molecule has 3 N–H and O–H groups in total. The summed E-state index contributed by atoms with van der Waals surface area (Å²) in [6.07, 6.45) is 1.77. The number of hydrogen-bond acceptors (Lipinski definition) is 4. The molecular formula is C22H26IN3O2. The number of nitrogens with one attached hydrogen (secondary N) is 1. The molecule has 0 aromatic heterocycles. The third-order valence-electron chi connectivity index (χ3n) is 5.82. The van der Waals surface area contributed by atoms with Gasteiger partial charge in [0.05, 0.1) is 30.6 Å². The summed E-state index contributed by atoms with van der Waals surface area (Å²) >= 11 is 2.29. The average molecular weight is 491 g/mol. The Morgan fingerprint density at radius 3 is 2.43 bits per heavy atom. The normalized spacial score (nSPS) is 18.6. The number of nitrogen functional groups attached to an aromatic ring is 1. The maximum absolute atomic E-state index is 12.9. The van der Waals surface area contributed by atoms with Crippen molar-refractivity contribution in [2.24, 2.45) is 5.92 Å². The van der Waals surface area contributed by atoms with Gasteiger partial charge in [-0.3, -0.25) is 9.69 Å². The highest BCUT2D eigenvalue weighted by atomic mass is 127. The van der Waals surface area contributed by atoms with E-state index in [4.69, 9.17) is 10.5 Å². The van der Waals surface area contributed by atoms with Gasteiger partial charge in [0, 0.05) is 9.49 Å². The van der Waals surface area contributed by atoms with Crippen LogP contribution in [-0.4, -0.2) is 43.2 Å². The molecular weight excluding hydrogens is 465 g/mol. The molecule has 2 aromatic carbocycles. The zero-order valence-electron chi connectivity index (χ0n) is 16.1. The smallest absolute Gasteiger partial charge is 0.227 e. The van der Waals surface area contributed by atoms with Gasteiger partial charge in [-0.15, -0.1) is 0 Å². The van der Waals surface area contributed by atoms with Crippen molar-refractivity contribution in [3.8, 4) is 11.1 Å². The van der Waals surface area contributed by atoms with Gasteiger partial charge in [0.25, 0.3) is 0 Å². The van der Waals surface area contributed by atoms with E-state index in [1.165, 1.54) is 5.56 Å². The van der Waals surface area contributed by atoms with E-state index < -0.39 is 0 Å². The van der Waals surface area contributed by atoms with E-state index in [2.05, 4.69) is 64.0 Å². The fourth-order valence-electron chi connectivity index (χ4n) is 3.86. The standard InChI is InChI=1S/C22H26IN3O2/c1-14-2-4-15(5-3-14)18-6-7-19(24)21(20(18)23)25-22(27)16-8-10-26(11-9-16)17-12-28-13-17/h2-7,16-17H,8-13,24H2,1H3,(H,25,27). The van der Waals surface area contributed by atoms with Crippen LogP contribution in [0.15, 0.2) is 36.4 Å². The van der Waals surface area contributed by atoms with Gasteiger partial charge in [0.2, 0.25) is 5.91 Å². The highest BCUT2D eigenvalue weighted by Gasteiger charge is 2.32. The summed E-state index contributed by atoms with van der Waals surface area (Å²) in [7, 11) is 0. The van der Waals surface area contributed by atoms with Crippen molar-refractivity contribution >= 4 is 39.9 Å². The van der Waals surface area contributed by atoms with Crippen LogP contribution in [0.5, 0.6) is 0 Å². The third-order valence-corrected chi connectivity index (χ3v) is 6.94. The second-order valence-corrected chi connectivity index (χ2v) is 8.83. The van der Waals surface area contributed by atoms with Crippen LogP contribution in [0.4, 0.5) is 11.4 Å². The maximum atomic E-state index is 12.9. The molecule has 1 amide bonds. The van der Waals surface area contributed by atoms with E-state index in [0.717, 1.165) is 59.5 Å². The van der Waals surface area contributed by atoms with Crippen LogP contribution < -0.4 is 11.1 Å². The van der Waals surface area contributed by atoms with Crippen LogP contribution in [0.25, 0.3) is 11.1 Å². The average Bonchev–Trinajstić information content (AvgIpc) is 2.65. The van der Waals surface area contributed by atoms with E-state index in [1.807, 2.05) is 12.1 Å². The first-order chi connectivity index (χ1) is 13.5. The van der Waals surface area contributed by atoms with Crippen molar-refractivity contribution in [1.82, 2.24) is 4.90 Å². The first-order valence-electron chi connectivity index (χ1n) is 9.80. The van der Waals surface area contributed by atoms with Crippen LogP contribution in [0.2, 0.25) is 0 Å². The molecule has 2 aliphatic rings. The van der Waals surface area contributed by atoms with Gasteiger partial charge in [-0.25, -0.2) is 0 Å². The van der Waals surface area contributed by atoms with Gasteiger partial charge in [-0.2, -0.15) is 0 Å². The zero-order chi connectivity index (χ0) is 19.7. The number of likely N-dealkylation sites (tertiary alicyclic amines) is 1. The van der Waals surface area contributed by atoms with Crippen LogP contribution >= 0.6 is 22.6 Å². The van der Waals surface area contributed by atoms with E-state index in [-0.39, 0.29) is 11.8 Å². The summed E-state index contributed by atoms with van der Waals surface area (Å²) in [5, 5.41) is 3.13. The summed E-state index contributed by atoms with van der Waals surface area (Å²) < 4.78 is 6.27. The second kappa shape index (κ2) is 8.39. The number of anilines is 2. The molecule has 28 heavy (non-hydrogen) atoms. The summed E-state index contributed by atoms with van der Waals surface area (Å²) in [6.45, 7) is 5.66. The Kier molecular flexibility index (Phi) is 5.89. The van der Waals surface area contributed by atoms with Crippen molar-refractivity contribution in [3.63, 3.8) is 0 Å². The first-order valence-corrected chi connectivity index (χ1v) is 10.9. The van der Waals surface area contributed by atoms with Gasteiger partial charge in [0.15, 0.2) is 0 Å². The number of rotatable bonds is 4. The van der Waals surface area contributed by atoms with Crippen molar-refractivity contribution < 1.29 is 9.53 Å². The molecule has 2 saturated heterocycles. The van der Waals surface area contributed by atoms with Crippen LogP contribution in [0, 0.1) is 16.4 Å². The molecule has 148 valence electrons. The van der Waals surface area contributed by atoms with E-state index >= 15 is 0 Å². The highest BCUT2D eigenvalue weighted by Crippen LogP contribution is 2.35. The number of amides is 1. The predicted molar refractivity (Wildman–Crippen MR) is 121 cm³/mol. The largest absolute Gasteiger partial charge is 0.397 e. The number of hydrogen-bond donors (Lipinski definition) is 2. The Labute approximate surface area is 179 Å². The molecule has 0 aliphatic carbocycles. The maximum Gasteiger partial charge on any atom is 0.227 e. The molecule has 6 heteroatoms. The van der Waals surface area contributed by atoms with E-state index in [0.29, 0.717) is 11.7 Å². The summed E-state index contributed by atoms with van der Waals surface area (Å²) in [4.78, 5) is 15.4. The molecule has 0 unspecified atom stereocenters. The molecule has 0 saturated carbocycles. The fraction of sp³-hybridized carbons (Fsp3) is 0.409. The Bertz CT molecular complexity index is 857. The number of benzene rings is 2. The fourth-order valence-corrected chi connectivity index (χ4v) is 4.80. The molecule has 0 bridgehead atoms. The Balaban J connectivity index is 1.47. The monoisotopic (exact) mass is 491 g/mol. The molecule has 0 atom stereocenters. The lowest BCUT2D eigenvalue weighted by molar-refractivity contribution is -0.123. The van der Waals surface area contributed by atoms with Crippen molar-refractivity contribution in [1.29, 1.82) is 0 Å². The van der Waals surface area contributed by atoms with Gasteiger partial charge >= 0.3 is 0 Å². The number of nitrogens with two attached hydrogens (primary N) is 1. The number of nitrogens with zero attached hydrogens (tertiary/aromatic N) is 1. The molecule has 0 radical (unpaired) electrons. The van der Waals surface area contributed by atoms with Gasteiger partial charge < -0.3 is 15.8 Å². The molecule has 2 heterocycles. The molecule has 2 fully saturated rings. The lowest BCUT2D eigenvalue weighted by Crippen LogP contribution is -2.52. The minimum absolute atomic E-state index is 0.0375. The van der Waals surface area contributed by atoms with Crippen molar-refractivity contribution in [2.75, 3.05) is 37.4 Å². The van der Waals surface area contributed by atoms with Gasteiger partial charge in [-0.05, 0) is 72.6 Å². The molecule has 0 spiro atoms. The molecule has 5 nitrogen and oxygen atoms in total. The van der Waals surface area contributed by atoms with Crippen molar-refractivity contribution in [3.05, 3.63) is 45.5 Å². The lowest BCUT2D eigenvalue weighted by Gasteiger charge is -2.41. The van der Waals surface area contributed by atoms with Gasteiger partial charge in [-0.1, -0.05) is 35.9 Å². The van der Waals surface area contributed by atoms with Crippen molar-refractivity contribution in [2.45, 2.75) is 25.8 Å². The number of halogens is 1. The molecule has 2 aliphatic heterocycles. The quantitative estimate of drug-likeness (QED) is 0.503. The lowest BCUT2D eigenvalue weighted by atomic mass is 9.94. The second-order valence-electron chi connectivity index (χ2n) is 7.75. The number of aryl methyl sites for hydroxylation is 1. The van der Waals surface area contributed by atoms with Crippen LogP contribution in [0.1, 0.15) is 18.4 Å². The minimum atomic E-state index is 0.0375.